The molecule has 1 aromatic rings. The molecule has 1 aromatic heterocycles. The Morgan fingerprint density at radius 1 is 1.29 bits per heavy atom. The minimum Gasteiger partial charge on any atom is -0.455 e. The van der Waals surface area contributed by atoms with E-state index in [2.05, 4.69) is 5.32 Å². The molecule has 2 aliphatic heterocycles. The number of nitrogens with zero attached hydrogens (tertiary/aromatic N) is 2. The van der Waals surface area contributed by atoms with E-state index in [-0.39, 0.29) is 28.4 Å². The fourth-order valence-electron chi connectivity index (χ4n) is 3.43. The maximum atomic E-state index is 12.7. The van der Waals surface area contributed by atoms with Gasteiger partial charge in [0.05, 0.1) is 0 Å². The summed E-state index contributed by atoms with van der Waals surface area (Å²) in [5, 5.41) is 3.27. The van der Waals surface area contributed by atoms with Crippen molar-refractivity contribution in [3.63, 3.8) is 0 Å². The molecule has 0 spiro atoms. The highest BCUT2D eigenvalue weighted by molar-refractivity contribution is 7.89. The van der Waals surface area contributed by atoms with E-state index in [0.717, 1.165) is 38.8 Å². The lowest BCUT2D eigenvalue weighted by atomic mass is 10.1. The maximum absolute atomic E-state index is 12.7. The summed E-state index contributed by atoms with van der Waals surface area (Å²) < 4.78 is 32.4. The molecule has 0 bridgehead atoms. The van der Waals surface area contributed by atoms with E-state index in [4.69, 9.17) is 4.42 Å². The second kappa shape index (κ2) is 6.85. The first-order chi connectivity index (χ1) is 11.4. The minimum atomic E-state index is -3.57. The predicted octanol–water partition coefficient (Wildman–Crippen LogP) is 1.20. The number of furan rings is 1. The number of sulfonamides is 1. The SMILES string of the molecule is Cc1oc(C(=O)N(C)C2CCNCC2)cc1S(=O)(=O)N1CCCC1. The van der Waals surface area contributed by atoms with Crippen molar-refractivity contribution in [3.8, 4) is 0 Å². The average Bonchev–Trinajstić information content (AvgIpc) is 3.24. The Labute approximate surface area is 143 Å². The molecule has 0 unspecified atom stereocenters. The highest BCUT2D eigenvalue weighted by Crippen LogP contribution is 2.27. The summed E-state index contributed by atoms with van der Waals surface area (Å²) in [5.41, 5.74) is 0. The average molecular weight is 355 g/mol. The number of hydrogen-bond donors (Lipinski definition) is 1. The molecular formula is C16H25N3O4S. The molecule has 0 atom stereocenters. The lowest BCUT2D eigenvalue weighted by Crippen LogP contribution is -2.43. The van der Waals surface area contributed by atoms with Gasteiger partial charge in [0, 0.05) is 32.2 Å². The zero-order valence-electron chi connectivity index (χ0n) is 14.2. The molecule has 2 saturated heterocycles. The Bertz CT molecular complexity index is 701. The molecule has 7 nitrogen and oxygen atoms in total. The first-order valence-corrected chi connectivity index (χ1v) is 9.93. The van der Waals surface area contributed by atoms with Crippen molar-refractivity contribution in [2.24, 2.45) is 0 Å². The molecule has 0 radical (unpaired) electrons. The Morgan fingerprint density at radius 2 is 1.92 bits per heavy atom. The molecule has 0 aliphatic carbocycles. The zero-order chi connectivity index (χ0) is 17.3. The normalized spacial score (nSPS) is 20.4. The van der Waals surface area contributed by atoms with Crippen LogP contribution in [0.25, 0.3) is 0 Å². The summed E-state index contributed by atoms with van der Waals surface area (Å²) in [6, 6.07) is 1.55. The molecular weight excluding hydrogens is 330 g/mol. The van der Waals surface area contributed by atoms with E-state index in [1.807, 2.05) is 0 Å². The highest BCUT2D eigenvalue weighted by Gasteiger charge is 2.33. The molecule has 0 aromatic carbocycles. The van der Waals surface area contributed by atoms with Crippen molar-refractivity contribution in [1.29, 1.82) is 0 Å². The highest BCUT2D eigenvalue weighted by atomic mass is 32.2. The molecule has 1 amide bonds. The lowest BCUT2D eigenvalue weighted by molar-refractivity contribution is 0.0669. The van der Waals surface area contributed by atoms with Gasteiger partial charge in [-0.3, -0.25) is 4.79 Å². The number of piperidine rings is 1. The molecule has 2 fully saturated rings. The van der Waals surface area contributed by atoms with E-state index < -0.39 is 10.0 Å². The largest absolute Gasteiger partial charge is 0.455 e. The monoisotopic (exact) mass is 355 g/mol. The van der Waals surface area contributed by atoms with Crippen LogP contribution in [-0.2, 0) is 10.0 Å². The van der Waals surface area contributed by atoms with Gasteiger partial charge in [0.1, 0.15) is 10.7 Å². The molecule has 3 heterocycles. The van der Waals surface area contributed by atoms with Crippen LogP contribution in [0.3, 0.4) is 0 Å². The first-order valence-electron chi connectivity index (χ1n) is 8.49. The molecule has 3 rings (SSSR count). The standard InChI is InChI=1S/C16H25N3O4S/c1-12-15(24(21,22)19-9-3-4-10-19)11-14(23-12)16(20)18(2)13-5-7-17-8-6-13/h11,13,17H,3-10H2,1-2H3. The predicted molar refractivity (Wildman–Crippen MR) is 89.4 cm³/mol. The Kier molecular flexibility index (Phi) is 4.98. The van der Waals surface area contributed by atoms with Crippen molar-refractivity contribution in [3.05, 3.63) is 17.6 Å². The number of carbonyl (C=O) groups excluding carboxylic acids is 1. The van der Waals surface area contributed by atoms with Gasteiger partial charge < -0.3 is 14.6 Å². The lowest BCUT2D eigenvalue weighted by Gasteiger charge is -2.31. The van der Waals surface area contributed by atoms with Crippen LogP contribution in [0, 0.1) is 6.92 Å². The van der Waals surface area contributed by atoms with E-state index >= 15 is 0 Å². The third kappa shape index (κ3) is 3.22. The van der Waals surface area contributed by atoms with Crippen molar-refractivity contribution in [2.75, 3.05) is 33.2 Å². The van der Waals surface area contributed by atoms with Gasteiger partial charge >= 0.3 is 0 Å². The molecule has 24 heavy (non-hydrogen) atoms. The summed E-state index contributed by atoms with van der Waals surface area (Å²) >= 11 is 0. The maximum Gasteiger partial charge on any atom is 0.289 e. The Hall–Kier alpha value is -1.38. The van der Waals surface area contributed by atoms with E-state index in [0.29, 0.717) is 13.1 Å². The van der Waals surface area contributed by atoms with Gasteiger partial charge in [-0.15, -0.1) is 0 Å². The van der Waals surface area contributed by atoms with Crippen molar-refractivity contribution >= 4 is 15.9 Å². The number of nitrogens with one attached hydrogen (secondary N) is 1. The van der Waals surface area contributed by atoms with Crippen LogP contribution < -0.4 is 5.32 Å². The Morgan fingerprint density at radius 3 is 2.54 bits per heavy atom. The van der Waals surface area contributed by atoms with Crippen LogP contribution in [0.4, 0.5) is 0 Å². The molecule has 8 heteroatoms. The summed E-state index contributed by atoms with van der Waals surface area (Å²) in [4.78, 5) is 14.5. The van der Waals surface area contributed by atoms with Crippen LogP contribution in [0.2, 0.25) is 0 Å². The van der Waals surface area contributed by atoms with E-state index in [9.17, 15) is 13.2 Å². The van der Waals surface area contributed by atoms with Crippen LogP contribution in [0.5, 0.6) is 0 Å². The van der Waals surface area contributed by atoms with Gasteiger partial charge in [-0.1, -0.05) is 0 Å². The summed E-state index contributed by atoms with van der Waals surface area (Å²) in [6.45, 7) is 4.43. The number of rotatable bonds is 4. The first kappa shape index (κ1) is 17.4. The van der Waals surface area contributed by atoms with Crippen LogP contribution >= 0.6 is 0 Å². The second-order valence-corrected chi connectivity index (χ2v) is 8.45. The molecule has 1 N–H and O–H groups in total. The van der Waals surface area contributed by atoms with Gasteiger partial charge in [0.15, 0.2) is 5.76 Å². The van der Waals surface area contributed by atoms with E-state index in [1.54, 1.807) is 18.9 Å². The molecule has 134 valence electrons. The van der Waals surface area contributed by atoms with Crippen molar-refractivity contribution in [2.45, 2.75) is 43.5 Å². The number of amides is 1. The van der Waals surface area contributed by atoms with Gasteiger partial charge in [-0.2, -0.15) is 4.31 Å². The van der Waals surface area contributed by atoms with Crippen molar-refractivity contribution < 1.29 is 17.6 Å². The number of aryl methyl sites for hydroxylation is 1. The van der Waals surface area contributed by atoms with Gasteiger partial charge in [-0.05, 0) is 45.7 Å². The quantitative estimate of drug-likeness (QED) is 0.877. The molecule has 2 aliphatic rings. The third-order valence-electron chi connectivity index (χ3n) is 4.94. The van der Waals surface area contributed by atoms with Crippen LogP contribution in [0.15, 0.2) is 15.4 Å². The minimum absolute atomic E-state index is 0.103. The smallest absolute Gasteiger partial charge is 0.289 e. The van der Waals surface area contributed by atoms with Gasteiger partial charge in [0.25, 0.3) is 5.91 Å². The number of carbonyl (C=O) groups is 1. The van der Waals surface area contributed by atoms with Gasteiger partial charge in [0.2, 0.25) is 10.0 Å². The third-order valence-corrected chi connectivity index (χ3v) is 6.95. The summed E-state index contributed by atoms with van der Waals surface area (Å²) in [5.74, 6) is 0.128. The van der Waals surface area contributed by atoms with Crippen molar-refractivity contribution in [1.82, 2.24) is 14.5 Å². The zero-order valence-corrected chi connectivity index (χ0v) is 15.1. The van der Waals surface area contributed by atoms with Gasteiger partial charge in [-0.25, -0.2) is 8.42 Å². The Balaban J connectivity index is 1.81. The fourth-order valence-corrected chi connectivity index (χ4v) is 5.11. The van der Waals surface area contributed by atoms with Crippen LogP contribution in [-0.4, -0.2) is 62.8 Å². The number of hydrogen-bond acceptors (Lipinski definition) is 5. The topological polar surface area (TPSA) is 82.9 Å². The summed E-state index contributed by atoms with van der Waals surface area (Å²) in [7, 11) is -1.82. The van der Waals surface area contributed by atoms with E-state index in [1.165, 1.54) is 10.4 Å². The van der Waals surface area contributed by atoms with Crippen LogP contribution in [0.1, 0.15) is 42.0 Å². The summed E-state index contributed by atoms with van der Waals surface area (Å²) in [6.07, 6.45) is 3.53. The molecule has 0 saturated carbocycles. The fraction of sp³-hybridized carbons (Fsp3) is 0.688. The second-order valence-electron chi connectivity index (χ2n) is 6.54.